The summed E-state index contributed by atoms with van der Waals surface area (Å²) in [4.78, 5) is 17.4. The molecule has 0 aliphatic carbocycles. The summed E-state index contributed by atoms with van der Waals surface area (Å²) in [5, 5.41) is 3.17. The normalized spacial score (nSPS) is 19.3. The van der Waals surface area contributed by atoms with Crippen molar-refractivity contribution < 1.29 is 14.4 Å². The third-order valence-corrected chi connectivity index (χ3v) is 2.38. The van der Waals surface area contributed by atoms with Gasteiger partial charge in [0, 0.05) is 6.54 Å². The molecule has 0 aromatic rings. The van der Waals surface area contributed by atoms with Gasteiger partial charge in [0.05, 0.1) is 0 Å². The highest BCUT2D eigenvalue weighted by molar-refractivity contribution is 7.80. The molecule has 0 saturated carbocycles. The quantitative estimate of drug-likeness (QED) is 0.359. The molecule has 13 heavy (non-hydrogen) atoms. The first-order valence-electron chi connectivity index (χ1n) is 3.59. The van der Waals surface area contributed by atoms with E-state index in [4.69, 9.17) is 22.0 Å². The number of thiocarbonyl (C=S) groups is 1. The number of hydrogen-bond acceptors (Lipinski definition) is 4. The van der Waals surface area contributed by atoms with E-state index in [-0.39, 0.29) is 0 Å². The van der Waals surface area contributed by atoms with Gasteiger partial charge in [0.1, 0.15) is 6.29 Å². The molecule has 0 unspecified atom stereocenters. The highest BCUT2D eigenvalue weighted by Crippen LogP contribution is 2.35. The summed E-state index contributed by atoms with van der Waals surface area (Å²) < 4.78 is 10.7. The van der Waals surface area contributed by atoms with Gasteiger partial charge in [0.25, 0.3) is 0 Å². The highest BCUT2D eigenvalue weighted by Gasteiger charge is 2.29. The Bertz CT molecular complexity index is 256. The fourth-order valence-corrected chi connectivity index (χ4v) is 1.79. The molecule has 1 fully saturated rings. The molecule has 0 radical (unpaired) electrons. The van der Waals surface area contributed by atoms with Gasteiger partial charge in [-0.15, -0.1) is 10.7 Å². The molecule has 1 heterocycles. The Kier molecular flexibility index (Phi) is 3.23. The average Bonchev–Trinajstić information content (AvgIpc) is 2.28. The van der Waals surface area contributed by atoms with Crippen molar-refractivity contribution in [2.75, 3.05) is 12.8 Å². The van der Waals surface area contributed by atoms with Crippen LogP contribution in [0, 0.1) is 0 Å². The zero-order valence-electron chi connectivity index (χ0n) is 6.97. The van der Waals surface area contributed by atoms with Crippen LogP contribution >= 0.6 is 19.8 Å². The summed E-state index contributed by atoms with van der Waals surface area (Å²) in [7, 11) is -4.07. The molecule has 4 N–H and O–H groups in total. The third-order valence-electron chi connectivity index (χ3n) is 1.44. The molecule has 1 aliphatic rings. The fraction of sp³-hybridized carbons (Fsp3) is 0.750. The highest BCUT2D eigenvalue weighted by atomic mass is 32.1. The van der Waals surface area contributed by atoms with Gasteiger partial charge in [-0.1, -0.05) is 0 Å². The van der Waals surface area contributed by atoms with E-state index < -0.39 is 13.9 Å². The molecule has 0 bridgehead atoms. The summed E-state index contributed by atoms with van der Waals surface area (Å²) in [5.74, 6) is 0. The topological polar surface area (TPSA) is 88.1 Å². The van der Waals surface area contributed by atoms with E-state index in [0.717, 1.165) is 0 Å². The first kappa shape index (κ1) is 10.8. The van der Waals surface area contributed by atoms with Gasteiger partial charge in [0.2, 0.25) is 5.11 Å². The van der Waals surface area contributed by atoms with Gasteiger partial charge >= 0.3 is 7.60 Å². The maximum atomic E-state index is 10.7. The number of rotatable bonds is 3. The lowest BCUT2D eigenvalue weighted by Crippen LogP contribution is -2.43. The number of hydrogen-bond donors (Lipinski definition) is 4. The summed E-state index contributed by atoms with van der Waals surface area (Å²) in [6, 6.07) is 0. The van der Waals surface area contributed by atoms with Crippen molar-refractivity contribution >= 4 is 24.9 Å². The van der Waals surface area contributed by atoms with Crippen LogP contribution in [0.1, 0.15) is 6.92 Å². The molecule has 7 nitrogen and oxygen atoms in total. The lowest BCUT2D eigenvalue weighted by Gasteiger charge is -2.24. The van der Waals surface area contributed by atoms with Crippen LogP contribution in [0.5, 0.6) is 0 Å². The van der Waals surface area contributed by atoms with Crippen LogP contribution in [0.25, 0.3) is 0 Å². The monoisotopic (exact) mass is 226 g/mol. The predicted molar refractivity (Wildman–Crippen MR) is 50.0 cm³/mol. The molecular formula is C4H11N4O3PS. The van der Waals surface area contributed by atoms with Crippen molar-refractivity contribution in [1.29, 1.82) is 0 Å². The van der Waals surface area contributed by atoms with E-state index in [1.165, 1.54) is 10.1 Å². The second kappa shape index (κ2) is 3.87. The predicted octanol–water partition coefficient (Wildman–Crippen LogP) is -1.03. The first-order valence-corrected chi connectivity index (χ1v) is 5.80. The van der Waals surface area contributed by atoms with E-state index in [0.29, 0.717) is 11.7 Å². The summed E-state index contributed by atoms with van der Waals surface area (Å²) in [5.41, 5.74) is 5.12. The second-order valence-electron chi connectivity index (χ2n) is 2.46. The smallest absolute Gasteiger partial charge is 0.323 e. The van der Waals surface area contributed by atoms with Crippen molar-refractivity contribution in [3.05, 3.63) is 0 Å². The molecular weight excluding hydrogens is 215 g/mol. The Morgan fingerprint density at radius 2 is 2.23 bits per heavy atom. The first-order chi connectivity index (χ1) is 5.94. The Labute approximate surface area is 80.8 Å². The molecule has 0 aromatic carbocycles. The van der Waals surface area contributed by atoms with Crippen LogP contribution in [0.15, 0.2) is 0 Å². The Hall–Kier alpha value is -0.240. The zero-order chi connectivity index (χ0) is 10.1. The molecule has 0 spiro atoms. The van der Waals surface area contributed by atoms with Crippen LogP contribution in [0.4, 0.5) is 0 Å². The van der Waals surface area contributed by atoms with Gasteiger partial charge in [-0.05, 0) is 19.1 Å². The molecule has 1 saturated heterocycles. The zero-order valence-corrected chi connectivity index (χ0v) is 8.68. The van der Waals surface area contributed by atoms with E-state index >= 15 is 0 Å². The van der Waals surface area contributed by atoms with Crippen LogP contribution in [-0.2, 0) is 4.57 Å². The van der Waals surface area contributed by atoms with E-state index in [2.05, 4.69) is 11.0 Å². The number of hydrazine groups is 3. The maximum Gasteiger partial charge on any atom is 0.342 e. The second-order valence-corrected chi connectivity index (χ2v) is 4.46. The lowest BCUT2D eigenvalue weighted by molar-refractivity contribution is 0.0402. The van der Waals surface area contributed by atoms with Gasteiger partial charge in [-0.25, -0.2) is 0 Å². The Morgan fingerprint density at radius 3 is 2.69 bits per heavy atom. The van der Waals surface area contributed by atoms with Gasteiger partial charge in [0.15, 0.2) is 0 Å². The molecule has 76 valence electrons. The third kappa shape index (κ3) is 2.87. The Balaban J connectivity index is 2.61. The van der Waals surface area contributed by atoms with Crippen molar-refractivity contribution in [3.63, 3.8) is 0 Å². The van der Waals surface area contributed by atoms with E-state index in [1.54, 1.807) is 0 Å². The van der Waals surface area contributed by atoms with Crippen molar-refractivity contribution in [3.8, 4) is 0 Å². The van der Waals surface area contributed by atoms with Crippen LogP contribution in [-0.4, -0.2) is 37.9 Å². The molecule has 1 aliphatic heterocycles. The van der Waals surface area contributed by atoms with E-state index in [1.807, 2.05) is 6.92 Å². The maximum absolute atomic E-state index is 10.7. The molecule has 9 heteroatoms. The number of nitrogens with zero attached hydrogens (tertiary/aromatic N) is 2. The summed E-state index contributed by atoms with van der Waals surface area (Å²) in [6.07, 6.45) is -0.409. The minimum Gasteiger partial charge on any atom is -0.323 e. The fourth-order valence-electron chi connectivity index (χ4n) is 0.947. The summed E-state index contributed by atoms with van der Waals surface area (Å²) >= 11 is 4.86. The molecule has 0 amide bonds. The van der Waals surface area contributed by atoms with Crippen LogP contribution < -0.4 is 11.0 Å². The average molecular weight is 226 g/mol. The SMILES string of the molecule is CCN1C(=S)NNN1CP(=O)(O)O. The Morgan fingerprint density at radius 1 is 1.62 bits per heavy atom. The van der Waals surface area contributed by atoms with Crippen molar-refractivity contribution in [2.24, 2.45) is 0 Å². The largest absolute Gasteiger partial charge is 0.342 e. The minimum absolute atomic E-state index is 0.399. The molecule has 0 aromatic heterocycles. The van der Waals surface area contributed by atoms with Crippen LogP contribution in [0.3, 0.4) is 0 Å². The molecule has 0 atom stereocenters. The van der Waals surface area contributed by atoms with Crippen molar-refractivity contribution in [2.45, 2.75) is 6.92 Å². The lowest BCUT2D eigenvalue weighted by atomic mass is 10.7. The summed E-state index contributed by atoms with van der Waals surface area (Å²) in [6.45, 7) is 2.37. The molecule has 1 rings (SSSR count). The van der Waals surface area contributed by atoms with Gasteiger partial charge < -0.3 is 9.79 Å². The minimum atomic E-state index is -4.07. The van der Waals surface area contributed by atoms with Gasteiger partial charge in [-0.3, -0.25) is 15.0 Å². The van der Waals surface area contributed by atoms with E-state index in [9.17, 15) is 4.57 Å². The standard InChI is InChI=1S/C4H11N4O3PS/c1-2-7-4(13)5-6-8(7)3-12(9,10)11/h6H,2-3H2,1H3,(H,5,13)(H2,9,10,11). The van der Waals surface area contributed by atoms with Crippen molar-refractivity contribution in [1.82, 2.24) is 21.1 Å². The number of nitrogens with one attached hydrogen (secondary N) is 2. The van der Waals surface area contributed by atoms with Crippen LogP contribution in [0.2, 0.25) is 0 Å². The van der Waals surface area contributed by atoms with Gasteiger partial charge in [-0.2, -0.15) is 0 Å².